The number of hydrogen-bond donors (Lipinski definition) is 1. The first kappa shape index (κ1) is 9.93. The number of piperidine rings is 1. The number of ether oxygens (including phenoxy) is 1. The summed E-state index contributed by atoms with van der Waals surface area (Å²) in [6, 6.07) is 0.378. The Kier molecular flexibility index (Phi) is 3.03. The van der Waals surface area contributed by atoms with Crippen molar-refractivity contribution in [3.8, 4) is 0 Å². The molecular weight excluding hydrogens is 180 g/mol. The van der Waals surface area contributed by atoms with E-state index < -0.39 is 0 Å². The molecule has 2 unspecified atom stereocenters. The quantitative estimate of drug-likeness (QED) is 0.640. The van der Waals surface area contributed by atoms with E-state index in [0.717, 1.165) is 19.4 Å². The highest BCUT2D eigenvalue weighted by molar-refractivity contribution is 5.77. The zero-order valence-electron chi connectivity index (χ0n) is 8.45. The SMILES string of the molecule is NCC1CCCCN1C1CCOC1=O. The Hall–Kier alpha value is -0.610. The van der Waals surface area contributed by atoms with Crippen LogP contribution in [0.25, 0.3) is 0 Å². The third-order valence-corrected chi connectivity index (χ3v) is 3.25. The lowest BCUT2D eigenvalue weighted by Gasteiger charge is -2.37. The Labute approximate surface area is 84.4 Å². The summed E-state index contributed by atoms with van der Waals surface area (Å²) < 4.78 is 4.99. The summed E-state index contributed by atoms with van der Waals surface area (Å²) in [4.78, 5) is 13.7. The van der Waals surface area contributed by atoms with E-state index in [0.29, 0.717) is 19.2 Å². The number of rotatable bonds is 2. The minimum atomic E-state index is -0.0506. The monoisotopic (exact) mass is 198 g/mol. The van der Waals surface area contributed by atoms with E-state index in [-0.39, 0.29) is 12.0 Å². The predicted octanol–water partition coefficient (Wildman–Crippen LogP) is 0.115. The van der Waals surface area contributed by atoms with Gasteiger partial charge in [-0.05, 0) is 19.4 Å². The summed E-state index contributed by atoms with van der Waals surface area (Å²) in [5, 5.41) is 0. The molecular formula is C10H18N2O2. The summed E-state index contributed by atoms with van der Waals surface area (Å²) in [5.74, 6) is -0.0506. The molecule has 0 aromatic heterocycles. The van der Waals surface area contributed by atoms with Gasteiger partial charge in [-0.25, -0.2) is 0 Å². The van der Waals surface area contributed by atoms with Crippen molar-refractivity contribution in [2.75, 3.05) is 19.7 Å². The predicted molar refractivity (Wildman–Crippen MR) is 52.8 cm³/mol. The molecule has 0 bridgehead atoms. The summed E-state index contributed by atoms with van der Waals surface area (Å²) in [6.07, 6.45) is 4.38. The molecule has 2 heterocycles. The summed E-state index contributed by atoms with van der Waals surface area (Å²) >= 11 is 0. The zero-order chi connectivity index (χ0) is 9.97. The van der Waals surface area contributed by atoms with Gasteiger partial charge < -0.3 is 10.5 Å². The molecule has 2 atom stereocenters. The van der Waals surface area contributed by atoms with Gasteiger partial charge in [-0.1, -0.05) is 6.42 Å². The topological polar surface area (TPSA) is 55.6 Å². The second-order valence-corrected chi connectivity index (χ2v) is 4.10. The molecule has 0 aromatic carbocycles. The smallest absolute Gasteiger partial charge is 0.323 e. The largest absolute Gasteiger partial charge is 0.464 e. The summed E-state index contributed by atoms with van der Waals surface area (Å²) in [7, 11) is 0. The minimum absolute atomic E-state index is 0.0103. The Morgan fingerprint density at radius 3 is 2.93 bits per heavy atom. The third kappa shape index (κ3) is 1.77. The number of carbonyl (C=O) groups excluding carboxylic acids is 1. The first-order valence-corrected chi connectivity index (χ1v) is 5.45. The van der Waals surface area contributed by atoms with Crippen molar-refractivity contribution in [2.24, 2.45) is 5.73 Å². The average Bonchev–Trinajstić information content (AvgIpc) is 2.64. The normalized spacial score (nSPS) is 34.5. The molecule has 0 spiro atoms. The summed E-state index contributed by atoms with van der Waals surface area (Å²) in [5.41, 5.74) is 5.71. The van der Waals surface area contributed by atoms with Crippen molar-refractivity contribution >= 4 is 5.97 Å². The molecule has 0 saturated carbocycles. The fourth-order valence-corrected chi connectivity index (χ4v) is 2.47. The average molecular weight is 198 g/mol. The van der Waals surface area contributed by atoms with E-state index in [1.54, 1.807) is 0 Å². The lowest BCUT2D eigenvalue weighted by molar-refractivity contribution is -0.143. The van der Waals surface area contributed by atoms with Gasteiger partial charge >= 0.3 is 5.97 Å². The second kappa shape index (κ2) is 4.28. The number of nitrogens with zero attached hydrogens (tertiary/aromatic N) is 1. The van der Waals surface area contributed by atoms with Gasteiger partial charge in [0.25, 0.3) is 0 Å². The fourth-order valence-electron chi connectivity index (χ4n) is 2.47. The van der Waals surface area contributed by atoms with Crippen LogP contribution in [0.15, 0.2) is 0 Å². The highest BCUT2D eigenvalue weighted by Gasteiger charge is 2.36. The van der Waals surface area contributed by atoms with Crippen LogP contribution in [-0.2, 0) is 9.53 Å². The van der Waals surface area contributed by atoms with Gasteiger partial charge in [-0.2, -0.15) is 0 Å². The van der Waals surface area contributed by atoms with Crippen molar-refractivity contribution in [3.05, 3.63) is 0 Å². The molecule has 2 rings (SSSR count). The molecule has 0 aliphatic carbocycles. The molecule has 4 nitrogen and oxygen atoms in total. The Balaban J connectivity index is 2.02. The molecule has 0 radical (unpaired) electrons. The molecule has 0 aromatic rings. The molecule has 2 N–H and O–H groups in total. The fraction of sp³-hybridized carbons (Fsp3) is 0.900. The van der Waals surface area contributed by atoms with E-state index in [1.807, 2.05) is 0 Å². The van der Waals surface area contributed by atoms with Crippen LogP contribution in [0.4, 0.5) is 0 Å². The van der Waals surface area contributed by atoms with E-state index in [1.165, 1.54) is 12.8 Å². The number of cyclic esters (lactones) is 1. The van der Waals surface area contributed by atoms with Crippen LogP contribution in [0.3, 0.4) is 0 Å². The van der Waals surface area contributed by atoms with Crippen LogP contribution in [0.5, 0.6) is 0 Å². The van der Waals surface area contributed by atoms with Crippen molar-refractivity contribution < 1.29 is 9.53 Å². The van der Waals surface area contributed by atoms with Gasteiger partial charge in [0.2, 0.25) is 0 Å². The van der Waals surface area contributed by atoms with E-state index >= 15 is 0 Å². The molecule has 0 amide bonds. The van der Waals surface area contributed by atoms with Crippen LogP contribution in [0, 0.1) is 0 Å². The van der Waals surface area contributed by atoms with Crippen LogP contribution in [0.1, 0.15) is 25.7 Å². The molecule has 2 aliphatic heterocycles. The highest BCUT2D eigenvalue weighted by atomic mass is 16.5. The number of esters is 1. The van der Waals surface area contributed by atoms with E-state index in [9.17, 15) is 4.79 Å². The van der Waals surface area contributed by atoms with Gasteiger partial charge in [0.15, 0.2) is 0 Å². The Morgan fingerprint density at radius 1 is 1.43 bits per heavy atom. The lowest BCUT2D eigenvalue weighted by Crippen LogP contribution is -2.51. The molecule has 2 fully saturated rings. The maximum atomic E-state index is 11.4. The number of nitrogens with two attached hydrogens (primary N) is 1. The summed E-state index contributed by atoms with van der Waals surface area (Å²) in [6.45, 7) is 2.24. The minimum Gasteiger partial charge on any atom is -0.464 e. The molecule has 4 heteroatoms. The van der Waals surface area contributed by atoms with Gasteiger partial charge in [0.05, 0.1) is 6.61 Å². The lowest BCUT2D eigenvalue weighted by atomic mass is 9.99. The zero-order valence-corrected chi connectivity index (χ0v) is 8.45. The first-order chi connectivity index (χ1) is 6.83. The van der Waals surface area contributed by atoms with Crippen LogP contribution >= 0.6 is 0 Å². The van der Waals surface area contributed by atoms with Gasteiger partial charge in [-0.15, -0.1) is 0 Å². The van der Waals surface area contributed by atoms with E-state index in [2.05, 4.69) is 4.90 Å². The maximum absolute atomic E-state index is 11.4. The first-order valence-electron chi connectivity index (χ1n) is 5.45. The van der Waals surface area contributed by atoms with Crippen LogP contribution < -0.4 is 5.73 Å². The van der Waals surface area contributed by atoms with Gasteiger partial charge in [0, 0.05) is 19.0 Å². The Bertz CT molecular complexity index is 220. The third-order valence-electron chi connectivity index (χ3n) is 3.25. The van der Waals surface area contributed by atoms with Crippen molar-refractivity contribution in [3.63, 3.8) is 0 Å². The number of carbonyl (C=O) groups is 1. The standard InChI is InChI=1S/C10H18N2O2/c11-7-8-3-1-2-5-12(8)9-4-6-14-10(9)13/h8-9H,1-7,11H2. The molecule has 80 valence electrons. The molecule has 2 aliphatic rings. The number of hydrogen-bond acceptors (Lipinski definition) is 4. The number of likely N-dealkylation sites (tertiary alicyclic amines) is 1. The van der Waals surface area contributed by atoms with Crippen molar-refractivity contribution in [2.45, 2.75) is 37.8 Å². The van der Waals surface area contributed by atoms with Crippen LogP contribution in [0.2, 0.25) is 0 Å². The molecule has 2 saturated heterocycles. The Morgan fingerprint density at radius 2 is 2.29 bits per heavy atom. The maximum Gasteiger partial charge on any atom is 0.323 e. The second-order valence-electron chi connectivity index (χ2n) is 4.10. The van der Waals surface area contributed by atoms with Crippen molar-refractivity contribution in [1.82, 2.24) is 4.90 Å². The van der Waals surface area contributed by atoms with E-state index in [4.69, 9.17) is 10.5 Å². The van der Waals surface area contributed by atoms with Gasteiger partial charge in [0.1, 0.15) is 6.04 Å². The highest BCUT2D eigenvalue weighted by Crippen LogP contribution is 2.23. The molecule has 14 heavy (non-hydrogen) atoms. The van der Waals surface area contributed by atoms with Crippen LogP contribution in [-0.4, -0.2) is 42.6 Å². The van der Waals surface area contributed by atoms with Crippen molar-refractivity contribution in [1.29, 1.82) is 0 Å². The van der Waals surface area contributed by atoms with Gasteiger partial charge in [-0.3, -0.25) is 9.69 Å².